The van der Waals surface area contributed by atoms with E-state index in [1.807, 2.05) is 12.1 Å². The molecule has 0 saturated heterocycles. The maximum atomic E-state index is 12.8. The lowest BCUT2D eigenvalue weighted by Crippen LogP contribution is -2.23. The quantitative estimate of drug-likeness (QED) is 0.588. The van der Waals surface area contributed by atoms with Gasteiger partial charge < -0.3 is 0 Å². The van der Waals surface area contributed by atoms with E-state index in [1.54, 1.807) is 23.1 Å². The highest BCUT2D eigenvalue weighted by Crippen LogP contribution is 2.32. The lowest BCUT2D eigenvalue weighted by molar-refractivity contribution is 0.399. The van der Waals surface area contributed by atoms with Crippen LogP contribution in [-0.2, 0) is 0 Å². The van der Waals surface area contributed by atoms with Gasteiger partial charge in [-0.1, -0.05) is 0 Å². The molecule has 0 spiro atoms. The number of rotatable bonds is 2. The SMILES string of the molecule is CN1CC2=C(C1)CN(Sc1ccc(F)cc1)C2. The van der Waals surface area contributed by atoms with Crippen molar-refractivity contribution < 1.29 is 4.39 Å². The molecule has 0 saturated carbocycles. The summed E-state index contributed by atoms with van der Waals surface area (Å²) in [5, 5.41) is 0. The summed E-state index contributed by atoms with van der Waals surface area (Å²) in [6, 6.07) is 6.73. The Hall–Kier alpha value is -0.840. The summed E-state index contributed by atoms with van der Waals surface area (Å²) in [6.07, 6.45) is 0. The zero-order chi connectivity index (χ0) is 11.8. The molecule has 2 aliphatic rings. The molecule has 0 N–H and O–H groups in total. The van der Waals surface area contributed by atoms with Crippen molar-refractivity contribution in [3.8, 4) is 0 Å². The first kappa shape index (κ1) is 11.3. The minimum atomic E-state index is -0.169. The average Bonchev–Trinajstić information content (AvgIpc) is 2.78. The fourth-order valence-corrected chi connectivity index (χ4v) is 3.44. The first-order valence-corrected chi connectivity index (χ1v) is 6.55. The second kappa shape index (κ2) is 4.44. The average molecular weight is 250 g/mol. The third kappa shape index (κ3) is 2.39. The molecule has 2 aliphatic heterocycles. The third-order valence-corrected chi connectivity index (χ3v) is 4.20. The lowest BCUT2D eigenvalue weighted by atomic mass is 10.2. The standard InChI is InChI=1S/C13H15FN2S/c1-15-6-10-8-16(9-11(10)7-15)17-13-4-2-12(14)3-5-13/h2-5H,6-9H2,1H3. The molecule has 4 heteroatoms. The van der Waals surface area contributed by atoms with E-state index < -0.39 is 0 Å². The highest BCUT2D eigenvalue weighted by atomic mass is 32.2. The van der Waals surface area contributed by atoms with Crippen LogP contribution < -0.4 is 0 Å². The van der Waals surface area contributed by atoms with E-state index in [0.717, 1.165) is 31.1 Å². The van der Waals surface area contributed by atoms with Gasteiger partial charge in [0.1, 0.15) is 5.82 Å². The molecule has 0 amide bonds. The van der Waals surface area contributed by atoms with Gasteiger partial charge in [0, 0.05) is 31.1 Å². The van der Waals surface area contributed by atoms with Gasteiger partial charge in [0.05, 0.1) is 0 Å². The van der Waals surface area contributed by atoms with Crippen LogP contribution >= 0.6 is 11.9 Å². The summed E-state index contributed by atoms with van der Waals surface area (Å²) in [5.74, 6) is -0.169. The van der Waals surface area contributed by atoms with Gasteiger partial charge in [-0.05, 0) is 54.4 Å². The molecule has 3 rings (SSSR count). The maximum Gasteiger partial charge on any atom is 0.123 e. The van der Waals surface area contributed by atoms with Gasteiger partial charge in [-0.3, -0.25) is 4.90 Å². The van der Waals surface area contributed by atoms with Gasteiger partial charge in [0.15, 0.2) is 0 Å². The maximum absolute atomic E-state index is 12.8. The number of nitrogens with zero attached hydrogens (tertiary/aromatic N) is 2. The van der Waals surface area contributed by atoms with Crippen LogP contribution in [0.15, 0.2) is 40.3 Å². The Morgan fingerprint density at radius 3 is 2.18 bits per heavy atom. The molecule has 0 aliphatic carbocycles. The second-order valence-corrected chi connectivity index (χ2v) is 5.89. The van der Waals surface area contributed by atoms with E-state index in [-0.39, 0.29) is 5.82 Å². The molecule has 17 heavy (non-hydrogen) atoms. The van der Waals surface area contributed by atoms with Crippen LogP contribution in [0.2, 0.25) is 0 Å². The van der Waals surface area contributed by atoms with Crippen LogP contribution in [0.3, 0.4) is 0 Å². The van der Waals surface area contributed by atoms with Gasteiger partial charge in [0.2, 0.25) is 0 Å². The fraction of sp³-hybridized carbons (Fsp3) is 0.385. The number of likely N-dealkylation sites (N-methyl/N-ethyl adjacent to an activating group) is 1. The van der Waals surface area contributed by atoms with Gasteiger partial charge >= 0.3 is 0 Å². The fourth-order valence-electron chi connectivity index (χ4n) is 2.45. The van der Waals surface area contributed by atoms with E-state index >= 15 is 0 Å². The van der Waals surface area contributed by atoms with Crippen molar-refractivity contribution in [2.75, 3.05) is 33.2 Å². The molecule has 2 heterocycles. The van der Waals surface area contributed by atoms with Crippen LogP contribution in [0.5, 0.6) is 0 Å². The predicted molar refractivity (Wildman–Crippen MR) is 68.4 cm³/mol. The van der Waals surface area contributed by atoms with Crippen LogP contribution in [0.4, 0.5) is 4.39 Å². The van der Waals surface area contributed by atoms with Crippen molar-refractivity contribution >= 4 is 11.9 Å². The van der Waals surface area contributed by atoms with Crippen molar-refractivity contribution in [3.05, 3.63) is 41.2 Å². The van der Waals surface area contributed by atoms with E-state index in [9.17, 15) is 4.39 Å². The van der Waals surface area contributed by atoms with E-state index in [4.69, 9.17) is 0 Å². The summed E-state index contributed by atoms with van der Waals surface area (Å²) < 4.78 is 15.1. The van der Waals surface area contributed by atoms with E-state index in [1.165, 1.54) is 12.1 Å². The first-order chi connectivity index (χ1) is 8.20. The van der Waals surface area contributed by atoms with Crippen molar-refractivity contribution in [2.24, 2.45) is 0 Å². The minimum Gasteiger partial charge on any atom is -0.298 e. The van der Waals surface area contributed by atoms with Crippen molar-refractivity contribution in [3.63, 3.8) is 0 Å². The molecular formula is C13H15FN2S. The topological polar surface area (TPSA) is 6.48 Å². The van der Waals surface area contributed by atoms with E-state index in [0.29, 0.717) is 0 Å². The highest BCUT2D eigenvalue weighted by molar-refractivity contribution is 7.97. The molecule has 1 aromatic carbocycles. The zero-order valence-electron chi connectivity index (χ0n) is 9.82. The van der Waals surface area contributed by atoms with Crippen LogP contribution in [0.25, 0.3) is 0 Å². The second-order valence-electron chi connectivity index (χ2n) is 4.72. The lowest BCUT2D eigenvalue weighted by Gasteiger charge is -2.18. The number of hydrogen-bond donors (Lipinski definition) is 0. The molecule has 2 nitrogen and oxygen atoms in total. The van der Waals surface area contributed by atoms with Crippen LogP contribution in [-0.4, -0.2) is 42.4 Å². The van der Waals surface area contributed by atoms with Gasteiger partial charge in [-0.2, -0.15) is 0 Å². The molecular weight excluding hydrogens is 235 g/mol. The molecule has 0 bridgehead atoms. The Morgan fingerprint density at radius 2 is 1.59 bits per heavy atom. The van der Waals surface area contributed by atoms with Crippen molar-refractivity contribution in [1.29, 1.82) is 0 Å². The number of benzene rings is 1. The molecule has 0 fully saturated rings. The summed E-state index contributed by atoms with van der Waals surface area (Å²) in [7, 11) is 2.16. The van der Waals surface area contributed by atoms with Crippen LogP contribution in [0, 0.1) is 5.82 Å². The predicted octanol–water partition coefficient (Wildman–Crippen LogP) is 2.39. The largest absolute Gasteiger partial charge is 0.298 e. The third-order valence-electron chi connectivity index (χ3n) is 3.20. The first-order valence-electron chi connectivity index (χ1n) is 5.77. The monoisotopic (exact) mass is 250 g/mol. The molecule has 0 atom stereocenters. The normalized spacial score (nSPS) is 21.3. The Labute approximate surface area is 105 Å². The minimum absolute atomic E-state index is 0.169. The molecule has 0 aromatic heterocycles. The summed E-state index contributed by atoms with van der Waals surface area (Å²) in [5.41, 5.74) is 3.14. The Kier molecular flexibility index (Phi) is 2.94. The molecule has 0 unspecified atom stereocenters. The number of halogens is 1. The van der Waals surface area contributed by atoms with Crippen molar-refractivity contribution in [1.82, 2.24) is 9.21 Å². The Bertz CT molecular complexity index is 437. The molecule has 90 valence electrons. The smallest absolute Gasteiger partial charge is 0.123 e. The summed E-state index contributed by atoms with van der Waals surface area (Å²) >= 11 is 1.72. The van der Waals surface area contributed by atoms with Gasteiger partial charge in [0.25, 0.3) is 0 Å². The van der Waals surface area contributed by atoms with Crippen molar-refractivity contribution in [2.45, 2.75) is 4.90 Å². The molecule has 1 aromatic rings. The molecule has 0 radical (unpaired) electrons. The van der Waals surface area contributed by atoms with E-state index in [2.05, 4.69) is 16.3 Å². The summed E-state index contributed by atoms with van der Waals surface area (Å²) in [4.78, 5) is 3.46. The Balaban J connectivity index is 1.61. The Morgan fingerprint density at radius 1 is 1.00 bits per heavy atom. The van der Waals surface area contributed by atoms with Gasteiger partial charge in [-0.25, -0.2) is 8.70 Å². The zero-order valence-corrected chi connectivity index (χ0v) is 10.6. The summed E-state index contributed by atoms with van der Waals surface area (Å²) in [6.45, 7) is 4.30. The van der Waals surface area contributed by atoms with Crippen LogP contribution in [0.1, 0.15) is 0 Å². The van der Waals surface area contributed by atoms with Gasteiger partial charge in [-0.15, -0.1) is 0 Å². The highest BCUT2D eigenvalue weighted by Gasteiger charge is 2.28. The number of hydrogen-bond acceptors (Lipinski definition) is 3.